The molecular formula is C23H31N3O5. The molecule has 0 bridgehead atoms. The fourth-order valence-corrected chi connectivity index (χ4v) is 5.44. The van der Waals surface area contributed by atoms with Crippen LogP contribution < -0.4 is 0 Å². The summed E-state index contributed by atoms with van der Waals surface area (Å²) in [7, 11) is 0. The molecule has 8 heteroatoms. The van der Waals surface area contributed by atoms with E-state index in [9.17, 15) is 19.5 Å². The number of hydrogen-bond acceptors (Lipinski definition) is 4. The molecule has 4 atom stereocenters. The molecule has 0 radical (unpaired) electrons. The highest BCUT2D eigenvalue weighted by Gasteiger charge is 2.67. The first kappa shape index (κ1) is 21.6. The van der Waals surface area contributed by atoms with Gasteiger partial charge in [-0.2, -0.15) is 0 Å². The number of ether oxygens (including phenoxy) is 1. The van der Waals surface area contributed by atoms with E-state index in [1.54, 1.807) is 4.90 Å². The quantitative estimate of drug-likeness (QED) is 0.701. The molecule has 3 fully saturated rings. The summed E-state index contributed by atoms with van der Waals surface area (Å²) < 4.78 is 6.08. The third kappa shape index (κ3) is 3.56. The molecule has 1 aromatic carbocycles. The molecule has 31 heavy (non-hydrogen) atoms. The first-order chi connectivity index (χ1) is 14.9. The van der Waals surface area contributed by atoms with E-state index in [4.69, 9.17) is 4.74 Å². The Morgan fingerprint density at radius 2 is 1.84 bits per heavy atom. The minimum atomic E-state index is -1.08. The summed E-state index contributed by atoms with van der Waals surface area (Å²) in [5.41, 5.74) is -0.0526. The van der Waals surface area contributed by atoms with Crippen molar-refractivity contribution in [3.05, 3.63) is 35.9 Å². The summed E-state index contributed by atoms with van der Waals surface area (Å²) in [6.07, 6.45) is 1.47. The van der Waals surface area contributed by atoms with Crippen LogP contribution >= 0.6 is 0 Å². The molecule has 1 N–H and O–H groups in total. The van der Waals surface area contributed by atoms with Crippen molar-refractivity contribution in [1.82, 2.24) is 14.7 Å². The summed E-state index contributed by atoms with van der Waals surface area (Å²) in [6, 6.07) is 8.58. The van der Waals surface area contributed by atoms with Crippen LogP contribution in [-0.2, 0) is 20.9 Å². The number of rotatable bonds is 6. The van der Waals surface area contributed by atoms with Crippen molar-refractivity contribution < 1.29 is 24.2 Å². The molecule has 3 amide bonds. The smallest absolute Gasteiger partial charge is 0.408 e. The maximum Gasteiger partial charge on any atom is 0.408 e. The number of carbonyl (C=O) groups excluding carboxylic acids is 2. The Morgan fingerprint density at radius 3 is 2.45 bits per heavy atom. The van der Waals surface area contributed by atoms with Gasteiger partial charge in [0, 0.05) is 19.6 Å². The summed E-state index contributed by atoms with van der Waals surface area (Å²) in [5, 5.41) is 9.63. The van der Waals surface area contributed by atoms with Gasteiger partial charge in [-0.1, -0.05) is 30.3 Å². The zero-order valence-corrected chi connectivity index (χ0v) is 18.2. The van der Waals surface area contributed by atoms with E-state index in [-0.39, 0.29) is 17.9 Å². The van der Waals surface area contributed by atoms with E-state index < -0.39 is 23.8 Å². The molecule has 1 spiro atoms. The molecule has 1 aromatic rings. The SMILES string of the molecule is CC1N([C@H](C(=O)N2CCCC2)[C@@H](C)OCc2ccccc2)C(=O)C12CCCN2C(=O)O. The molecule has 0 aromatic heterocycles. The van der Waals surface area contributed by atoms with Crippen LogP contribution in [0.4, 0.5) is 4.79 Å². The number of benzene rings is 1. The predicted octanol–water partition coefficient (Wildman–Crippen LogP) is 2.33. The topological polar surface area (TPSA) is 90.4 Å². The Morgan fingerprint density at radius 1 is 1.16 bits per heavy atom. The molecule has 168 valence electrons. The first-order valence-corrected chi connectivity index (χ1v) is 11.2. The highest BCUT2D eigenvalue weighted by atomic mass is 16.5. The molecule has 3 aliphatic rings. The Balaban J connectivity index is 1.56. The molecule has 2 unspecified atom stereocenters. The molecule has 0 saturated carbocycles. The van der Waals surface area contributed by atoms with Crippen molar-refractivity contribution in [1.29, 1.82) is 0 Å². The molecule has 8 nitrogen and oxygen atoms in total. The minimum absolute atomic E-state index is 0.104. The number of β-lactam (4-membered cyclic amide) rings is 1. The fourth-order valence-electron chi connectivity index (χ4n) is 5.44. The van der Waals surface area contributed by atoms with Crippen LogP contribution in [0.3, 0.4) is 0 Å². The number of carboxylic acid groups (broad SMARTS) is 1. The summed E-state index contributed by atoms with van der Waals surface area (Å²) in [4.78, 5) is 43.3. The maximum atomic E-state index is 13.5. The van der Waals surface area contributed by atoms with Crippen LogP contribution in [-0.4, -0.2) is 81.1 Å². The second kappa shape index (κ2) is 8.49. The van der Waals surface area contributed by atoms with E-state index >= 15 is 0 Å². The summed E-state index contributed by atoms with van der Waals surface area (Å²) in [5.74, 6) is -0.374. The van der Waals surface area contributed by atoms with Crippen LogP contribution in [0.1, 0.15) is 45.1 Å². The number of hydrogen-bond donors (Lipinski definition) is 1. The predicted molar refractivity (Wildman–Crippen MR) is 113 cm³/mol. The van der Waals surface area contributed by atoms with E-state index in [1.807, 2.05) is 49.1 Å². The second-order valence-electron chi connectivity index (χ2n) is 8.83. The Kier molecular flexibility index (Phi) is 5.92. The Bertz CT molecular complexity index is 841. The van der Waals surface area contributed by atoms with Gasteiger partial charge in [0.15, 0.2) is 0 Å². The Hall–Kier alpha value is -2.61. The number of likely N-dealkylation sites (tertiary alicyclic amines) is 3. The third-order valence-electron chi connectivity index (χ3n) is 7.14. The normalized spacial score (nSPS) is 27.5. The van der Waals surface area contributed by atoms with Crippen molar-refractivity contribution in [2.45, 2.75) is 69.9 Å². The van der Waals surface area contributed by atoms with E-state index in [0.29, 0.717) is 39.1 Å². The Labute approximate surface area is 182 Å². The van der Waals surface area contributed by atoms with Gasteiger partial charge in [-0.3, -0.25) is 14.5 Å². The van der Waals surface area contributed by atoms with Crippen molar-refractivity contribution in [3.63, 3.8) is 0 Å². The average Bonchev–Trinajstić information content (AvgIpc) is 3.47. The standard InChI is InChI=1S/C23H31N3O5/c1-16(31-15-18-9-4-3-5-10-18)19(20(27)24-12-6-7-13-24)26-17(2)23(21(26)28)11-8-14-25(23)22(29)30/h3-5,9-10,16-17,19H,6-8,11-15H2,1-2H3,(H,29,30)/t16-,17?,19+,23?/m1/s1. The lowest BCUT2D eigenvalue weighted by Crippen LogP contribution is -2.81. The van der Waals surface area contributed by atoms with Gasteiger partial charge in [0.2, 0.25) is 5.91 Å². The second-order valence-corrected chi connectivity index (χ2v) is 8.83. The summed E-state index contributed by atoms with van der Waals surface area (Å²) in [6.45, 7) is 5.75. The molecule has 4 rings (SSSR count). The van der Waals surface area contributed by atoms with E-state index in [1.165, 1.54) is 4.90 Å². The van der Waals surface area contributed by atoms with Crippen molar-refractivity contribution in [2.75, 3.05) is 19.6 Å². The van der Waals surface area contributed by atoms with Crippen LogP contribution in [0.15, 0.2) is 30.3 Å². The van der Waals surface area contributed by atoms with Gasteiger partial charge < -0.3 is 19.6 Å². The van der Waals surface area contributed by atoms with Crippen LogP contribution in [0.2, 0.25) is 0 Å². The van der Waals surface area contributed by atoms with Crippen LogP contribution in [0, 0.1) is 0 Å². The lowest BCUT2D eigenvalue weighted by Gasteiger charge is -2.58. The summed E-state index contributed by atoms with van der Waals surface area (Å²) >= 11 is 0. The fraction of sp³-hybridized carbons (Fsp3) is 0.609. The number of carbonyl (C=O) groups is 3. The lowest BCUT2D eigenvalue weighted by atomic mass is 9.75. The lowest BCUT2D eigenvalue weighted by molar-refractivity contribution is -0.186. The van der Waals surface area contributed by atoms with Crippen molar-refractivity contribution >= 4 is 17.9 Å². The van der Waals surface area contributed by atoms with Crippen LogP contribution in [0.5, 0.6) is 0 Å². The number of amides is 3. The van der Waals surface area contributed by atoms with Gasteiger partial charge in [-0.05, 0) is 45.1 Å². The van der Waals surface area contributed by atoms with Gasteiger partial charge in [0.05, 0.1) is 18.8 Å². The highest BCUT2D eigenvalue weighted by Crippen LogP contribution is 2.46. The minimum Gasteiger partial charge on any atom is -0.465 e. The number of nitrogens with zero attached hydrogens (tertiary/aromatic N) is 3. The molecule has 3 saturated heterocycles. The zero-order chi connectivity index (χ0) is 22.2. The van der Waals surface area contributed by atoms with E-state index in [0.717, 1.165) is 18.4 Å². The molecule has 3 heterocycles. The van der Waals surface area contributed by atoms with E-state index in [2.05, 4.69) is 0 Å². The van der Waals surface area contributed by atoms with Gasteiger partial charge >= 0.3 is 6.09 Å². The van der Waals surface area contributed by atoms with Gasteiger partial charge in [-0.15, -0.1) is 0 Å². The van der Waals surface area contributed by atoms with Gasteiger partial charge in [-0.25, -0.2) is 4.79 Å². The highest BCUT2D eigenvalue weighted by molar-refractivity contribution is 6.00. The first-order valence-electron chi connectivity index (χ1n) is 11.2. The third-order valence-corrected chi connectivity index (χ3v) is 7.14. The maximum absolute atomic E-state index is 13.5. The van der Waals surface area contributed by atoms with Gasteiger partial charge in [0.1, 0.15) is 11.6 Å². The average molecular weight is 430 g/mol. The largest absolute Gasteiger partial charge is 0.465 e. The van der Waals surface area contributed by atoms with Crippen molar-refractivity contribution in [2.24, 2.45) is 0 Å². The van der Waals surface area contributed by atoms with Crippen molar-refractivity contribution in [3.8, 4) is 0 Å². The molecule has 3 aliphatic heterocycles. The van der Waals surface area contributed by atoms with Crippen LogP contribution in [0.25, 0.3) is 0 Å². The molecular weight excluding hydrogens is 398 g/mol. The van der Waals surface area contributed by atoms with Gasteiger partial charge in [0.25, 0.3) is 5.91 Å². The zero-order valence-electron chi connectivity index (χ0n) is 18.2. The molecule has 0 aliphatic carbocycles. The monoisotopic (exact) mass is 429 g/mol.